The van der Waals surface area contributed by atoms with Gasteiger partial charge in [0, 0.05) is 0 Å². The van der Waals surface area contributed by atoms with Gasteiger partial charge in [0.1, 0.15) is 6.61 Å². The van der Waals surface area contributed by atoms with Crippen molar-refractivity contribution in [2.45, 2.75) is 6.92 Å². The molecule has 0 aromatic rings. The van der Waals surface area contributed by atoms with Gasteiger partial charge in [0.05, 0.1) is 0 Å². The SMILES string of the molecule is C/C=C/COC(=S)NN. The minimum absolute atomic E-state index is 0.216. The molecule has 0 spiro atoms. The average molecular weight is 146 g/mol. The molecule has 4 heteroatoms. The normalized spacial score (nSPS) is 9.56. The van der Waals surface area contributed by atoms with Crippen LogP contribution in [0.5, 0.6) is 0 Å². The van der Waals surface area contributed by atoms with Crippen molar-refractivity contribution in [2.24, 2.45) is 5.84 Å². The summed E-state index contributed by atoms with van der Waals surface area (Å²) < 4.78 is 4.84. The van der Waals surface area contributed by atoms with Crippen molar-refractivity contribution >= 4 is 17.4 Å². The number of ether oxygens (including phenoxy) is 1. The second-order valence-corrected chi connectivity index (χ2v) is 1.68. The smallest absolute Gasteiger partial charge is 0.271 e. The first-order valence-corrected chi connectivity index (χ1v) is 2.96. The Kier molecular flexibility index (Phi) is 5.15. The molecule has 9 heavy (non-hydrogen) atoms. The lowest BCUT2D eigenvalue weighted by Gasteiger charge is -2.00. The van der Waals surface area contributed by atoms with E-state index in [0.29, 0.717) is 6.61 Å². The largest absolute Gasteiger partial charge is 0.466 e. The van der Waals surface area contributed by atoms with Crippen LogP contribution in [0.3, 0.4) is 0 Å². The summed E-state index contributed by atoms with van der Waals surface area (Å²) >= 11 is 4.58. The summed E-state index contributed by atoms with van der Waals surface area (Å²) in [5.74, 6) is 4.91. The zero-order valence-electron chi connectivity index (χ0n) is 5.26. The van der Waals surface area contributed by atoms with E-state index in [1.807, 2.05) is 19.1 Å². The Morgan fingerprint density at radius 2 is 2.56 bits per heavy atom. The molecule has 0 unspecified atom stereocenters. The Bertz CT molecular complexity index is 114. The molecule has 0 aliphatic carbocycles. The number of allylic oxidation sites excluding steroid dienone is 1. The molecule has 0 saturated carbocycles. The lowest BCUT2D eigenvalue weighted by atomic mass is 10.6. The third kappa shape index (κ3) is 5.26. The lowest BCUT2D eigenvalue weighted by molar-refractivity contribution is 0.343. The monoisotopic (exact) mass is 146 g/mol. The molecule has 0 heterocycles. The molecule has 0 aromatic heterocycles. The Balaban J connectivity index is 3.17. The standard InChI is InChI=1S/C5H10N2OS/c1-2-3-4-8-5(9)7-6/h2-3H,4,6H2,1H3,(H,7,9)/b3-2+. The van der Waals surface area contributed by atoms with Gasteiger partial charge >= 0.3 is 0 Å². The number of hydrogen-bond acceptors (Lipinski definition) is 3. The molecule has 0 atom stereocenters. The van der Waals surface area contributed by atoms with E-state index in [-0.39, 0.29) is 5.17 Å². The summed E-state index contributed by atoms with van der Waals surface area (Å²) in [6, 6.07) is 0. The first kappa shape index (κ1) is 8.39. The number of nitrogens with one attached hydrogen (secondary N) is 1. The van der Waals surface area contributed by atoms with Crippen molar-refractivity contribution in [3.05, 3.63) is 12.2 Å². The van der Waals surface area contributed by atoms with Gasteiger partial charge in [-0.3, -0.25) is 5.43 Å². The number of rotatable bonds is 2. The molecule has 0 aromatic carbocycles. The third-order valence-corrected chi connectivity index (χ3v) is 0.900. The van der Waals surface area contributed by atoms with Crippen LogP contribution in [-0.2, 0) is 4.74 Å². The van der Waals surface area contributed by atoms with Crippen LogP contribution in [0.4, 0.5) is 0 Å². The van der Waals surface area contributed by atoms with E-state index >= 15 is 0 Å². The summed E-state index contributed by atoms with van der Waals surface area (Å²) in [5, 5.41) is 0.216. The Hall–Kier alpha value is -0.610. The van der Waals surface area contributed by atoms with Crippen molar-refractivity contribution in [1.29, 1.82) is 0 Å². The quantitative estimate of drug-likeness (QED) is 0.255. The Morgan fingerprint density at radius 1 is 1.89 bits per heavy atom. The Labute approximate surface area is 59.8 Å². The molecule has 0 radical (unpaired) electrons. The predicted molar refractivity (Wildman–Crippen MR) is 40.7 cm³/mol. The van der Waals surface area contributed by atoms with E-state index in [1.165, 1.54) is 0 Å². The first-order valence-electron chi connectivity index (χ1n) is 2.55. The second-order valence-electron chi connectivity index (χ2n) is 1.31. The molecular weight excluding hydrogens is 136 g/mol. The van der Waals surface area contributed by atoms with Gasteiger partial charge in [-0.15, -0.1) is 0 Å². The van der Waals surface area contributed by atoms with Gasteiger partial charge in [-0.05, 0) is 19.1 Å². The second kappa shape index (κ2) is 5.53. The van der Waals surface area contributed by atoms with Crippen LogP contribution >= 0.6 is 12.2 Å². The molecule has 0 fully saturated rings. The van der Waals surface area contributed by atoms with E-state index in [2.05, 4.69) is 17.6 Å². The van der Waals surface area contributed by atoms with E-state index in [9.17, 15) is 0 Å². The molecule has 3 N–H and O–H groups in total. The highest BCUT2D eigenvalue weighted by Gasteiger charge is 1.86. The fourth-order valence-corrected chi connectivity index (χ4v) is 0.330. The lowest BCUT2D eigenvalue weighted by Crippen LogP contribution is -2.30. The molecule has 0 saturated heterocycles. The van der Waals surface area contributed by atoms with Crippen molar-refractivity contribution in [3.8, 4) is 0 Å². The first-order chi connectivity index (χ1) is 4.31. The minimum atomic E-state index is 0.216. The van der Waals surface area contributed by atoms with E-state index < -0.39 is 0 Å². The van der Waals surface area contributed by atoms with Crippen LogP contribution in [0.2, 0.25) is 0 Å². The van der Waals surface area contributed by atoms with E-state index in [4.69, 9.17) is 10.6 Å². The fraction of sp³-hybridized carbons (Fsp3) is 0.400. The highest BCUT2D eigenvalue weighted by Crippen LogP contribution is 1.77. The van der Waals surface area contributed by atoms with Crippen molar-refractivity contribution in [2.75, 3.05) is 6.61 Å². The maximum Gasteiger partial charge on any atom is 0.271 e. The van der Waals surface area contributed by atoms with E-state index in [0.717, 1.165) is 0 Å². The summed E-state index contributed by atoms with van der Waals surface area (Å²) in [4.78, 5) is 0. The number of thiocarbonyl (C=S) groups is 1. The molecule has 52 valence electrons. The van der Waals surface area contributed by atoms with Gasteiger partial charge in [0.15, 0.2) is 0 Å². The van der Waals surface area contributed by atoms with Crippen molar-refractivity contribution < 1.29 is 4.74 Å². The zero-order valence-corrected chi connectivity index (χ0v) is 6.07. The van der Waals surface area contributed by atoms with Crippen LogP contribution in [-0.4, -0.2) is 11.8 Å². The summed E-state index contributed by atoms with van der Waals surface area (Å²) in [5.41, 5.74) is 2.20. The zero-order chi connectivity index (χ0) is 7.11. The fourth-order valence-electron chi connectivity index (χ4n) is 0.262. The number of hydrazine groups is 1. The van der Waals surface area contributed by atoms with Crippen LogP contribution in [0.25, 0.3) is 0 Å². The van der Waals surface area contributed by atoms with Gasteiger partial charge in [0.25, 0.3) is 5.17 Å². The van der Waals surface area contributed by atoms with Gasteiger partial charge < -0.3 is 4.74 Å². The average Bonchev–Trinajstić information content (AvgIpc) is 1.89. The maximum absolute atomic E-state index is 4.91. The summed E-state index contributed by atoms with van der Waals surface area (Å²) in [6.45, 7) is 2.38. The van der Waals surface area contributed by atoms with Crippen LogP contribution in [0, 0.1) is 0 Å². The number of nitrogens with two attached hydrogens (primary N) is 1. The van der Waals surface area contributed by atoms with Gasteiger partial charge in [-0.2, -0.15) is 0 Å². The summed E-state index contributed by atoms with van der Waals surface area (Å²) in [6.07, 6.45) is 3.71. The summed E-state index contributed by atoms with van der Waals surface area (Å²) in [7, 11) is 0. The minimum Gasteiger partial charge on any atom is -0.466 e. The highest BCUT2D eigenvalue weighted by molar-refractivity contribution is 7.80. The van der Waals surface area contributed by atoms with Gasteiger partial charge in [-0.25, -0.2) is 5.84 Å². The predicted octanol–water partition coefficient (Wildman–Crippen LogP) is 0.327. The molecule has 0 aliphatic rings. The van der Waals surface area contributed by atoms with Crippen molar-refractivity contribution in [3.63, 3.8) is 0 Å². The van der Waals surface area contributed by atoms with Crippen LogP contribution < -0.4 is 11.3 Å². The Morgan fingerprint density at radius 3 is 3.00 bits per heavy atom. The molecule has 0 amide bonds. The van der Waals surface area contributed by atoms with E-state index in [1.54, 1.807) is 0 Å². The molecule has 3 nitrogen and oxygen atoms in total. The topological polar surface area (TPSA) is 47.3 Å². The molecule has 0 rings (SSSR count). The van der Waals surface area contributed by atoms with Gasteiger partial charge in [-0.1, -0.05) is 12.2 Å². The maximum atomic E-state index is 4.91. The molecule has 0 bridgehead atoms. The third-order valence-electron chi connectivity index (χ3n) is 0.664. The molecular formula is C5H10N2OS. The van der Waals surface area contributed by atoms with Crippen LogP contribution in [0.1, 0.15) is 6.92 Å². The van der Waals surface area contributed by atoms with Crippen molar-refractivity contribution in [1.82, 2.24) is 5.43 Å². The van der Waals surface area contributed by atoms with Gasteiger partial charge in [0.2, 0.25) is 0 Å². The molecule has 0 aliphatic heterocycles. The highest BCUT2D eigenvalue weighted by atomic mass is 32.1. The van der Waals surface area contributed by atoms with Crippen LogP contribution in [0.15, 0.2) is 12.2 Å². The number of hydrogen-bond donors (Lipinski definition) is 2.